The summed E-state index contributed by atoms with van der Waals surface area (Å²) in [5.74, 6) is 0.134. The zero-order valence-electron chi connectivity index (χ0n) is 12.1. The Labute approximate surface area is 133 Å². The maximum atomic E-state index is 12.5. The molecular weight excluding hydrogens is 356 g/mol. The Morgan fingerprint density at radius 1 is 1.29 bits per heavy atom. The molecule has 0 aromatic heterocycles. The third-order valence-corrected chi connectivity index (χ3v) is 5.79. The van der Waals surface area contributed by atoms with Gasteiger partial charge in [0, 0.05) is 18.6 Å². The van der Waals surface area contributed by atoms with Gasteiger partial charge >= 0.3 is 0 Å². The van der Waals surface area contributed by atoms with E-state index in [-0.39, 0.29) is 29.9 Å². The molecule has 0 saturated carbocycles. The van der Waals surface area contributed by atoms with Crippen LogP contribution in [0.5, 0.6) is 0 Å². The van der Waals surface area contributed by atoms with Crippen LogP contribution in [-0.4, -0.2) is 56.0 Å². The van der Waals surface area contributed by atoms with Gasteiger partial charge in [-0.05, 0) is 24.1 Å². The summed E-state index contributed by atoms with van der Waals surface area (Å²) in [5.41, 5.74) is 0.913. The fourth-order valence-corrected chi connectivity index (χ4v) is 4.54. The van der Waals surface area contributed by atoms with Crippen molar-refractivity contribution in [3.05, 3.63) is 34.3 Å². The molecule has 0 unspecified atom stereocenters. The Hall–Kier alpha value is -0.920. The lowest BCUT2D eigenvalue weighted by Gasteiger charge is -2.33. The van der Waals surface area contributed by atoms with Crippen molar-refractivity contribution >= 4 is 31.7 Å². The van der Waals surface area contributed by atoms with E-state index >= 15 is 0 Å². The lowest BCUT2D eigenvalue weighted by Crippen LogP contribution is -2.49. The normalized spacial score (nSPS) is 20.7. The van der Waals surface area contributed by atoms with Gasteiger partial charge in [-0.2, -0.15) is 0 Å². The number of halogens is 1. The summed E-state index contributed by atoms with van der Waals surface area (Å²) in [6.07, 6.45) is 0.772. The fourth-order valence-electron chi connectivity index (χ4n) is 2.58. The summed E-state index contributed by atoms with van der Waals surface area (Å²) >= 11 is 3.36. The van der Waals surface area contributed by atoms with Crippen molar-refractivity contribution in [2.45, 2.75) is 18.9 Å². The molecule has 0 spiro atoms. The van der Waals surface area contributed by atoms with E-state index in [2.05, 4.69) is 15.9 Å². The lowest BCUT2D eigenvalue weighted by atomic mass is 10.1. The summed E-state index contributed by atoms with van der Waals surface area (Å²) in [4.78, 5) is 12.5. The van der Waals surface area contributed by atoms with Crippen LogP contribution in [0, 0.1) is 0 Å². The van der Waals surface area contributed by atoms with Crippen LogP contribution in [0.25, 0.3) is 0 Å². The number of hydrogen-bond donors (Lipinski definition) is 0. The SMILES string of the molecule is CN(C)N(C(=O)Cc1ccc(Br)cc1)[C@@H]1CCS(=O)(=O)C1. The van der Waals surface area contributed by atoms with E-state index in [1.165, 1.54) is 0 Å². The average Bonchev–Trinajstić information content (AvgIpc) is 2.72. The number of hydrazine groups is 1. The summed E-state index contributed by atoms with van der Waals surface area (Å²) in [6.45, 7) is 0. The zero-order valence-corrected chi connectivity index (χ0v) is 14.5. The zero-order chi connectivity index (χ0) is 15.6. The van der Waals surface area contributed by atoms with E-state index in [0.717, 1.165) is 10.0 Å². The predicted octanol–water partition coefficient (Wildman–Crippen LogP) is 1.48. The molecule has 1 saturated heterocycles. The number of benzene rings is 1. The van der Waals surface area contributed by atoms with Crippen LogP contribution in [0.15, 0.2) is 28.7 Å². The molecule has 21 heavy (non-hydrogen) atoms. The van der Waals surface area contributed by atoms with Gasteiger partial charge in [-0.3, -0.25) is 9.80 Å². The highest BCUT2D eigenvalue weighted by molar-refractivity contribution is 9.10. The highest BCUT2D eigenvalue weighted by atomic mass is 79.9. The molecule has 1 aliphatic rings. The molecule has 0 radical (unpaired) electrons. The fraction of sp³-hybridized carbons (Fsp3) is 0.500. The van der Waals surface area contributed by atoms with E-state index in [0.29, 0.717) is 6.42 Å². The van der Waals surface area contributed by atoms with Gasteiger partial charge in [0.25, 0.3) is 0 Å². The molecule has 7 heteroatoms. The summed E-state index contributed by atoms with van der Waals surface area (Å²) in [6, 6.07) is 7.31. The second-order valence-corrected chi connectivity index (χ2v) is 8.59. The molecule has 1 aromatic carbocycles. The van der Waals surface area contributed by atoms with Crippen LogP contribution in [0.4, 0.5) is 0 Å². The van der Waals surface area contributed by atoms with Gasteiger partial charge in [0.1, 0.15) is 0 Å². The standard InChI is InChI=1S/C14H19BrN2O3S/c1-16(2)17(13-7-8-21(19,20)10-13)14(18)9-11-3-5-12(15)6-4-11/h3-6,13H,7-10H2,1-2H3/t13-/m1/s1. The van der Waals surface area contributed by atoms with Crippen LogP contribution in [0.2, 0.25) is 0 Å². The van der Waals surface area contributed by atoms with Gasteiger partial charge in [0.2, 0.25) is 5.91 Å². The lowest BCUT2D eigenvalue weighted by molar-refractivity contribution is -0.148. The van der Waals surface area contributed by atoms with Gasteiger partial charge in [-0.25, -0.2) is 13.4 Å². The molecule has 0 aliphatic carbocycles. The van der Waals surface area contributed by atoms with Gasteiger partial charge < -0.3 is 0 Å². The molecule has 1 fully saturated rings. The molecular formula is C14H19BrN2O3S. The topological polar surface area (TPSA) is 57.7 Å². The Morgan fingerprint density at radius 3 is 2.38 bits per heavy atom. The van der Waals surface area contributed by atoms with Crippen LogP contribution >= 0.6 is 15.9 Å². The van der Waals surface area contributed by atoms with Gasteiger partial charge in [0.05, 0.1) is 24.0 Å². The minimum absolute atomic E-state index is 0.0528. The average molecular weight is 375 g/mol. The third-order valence-electron chi connectivity index (χ3n) is 3.51. The Morgan fingerprint density at radius 2 is 1.90 bits per heavy atom. The van der Waals surface area contributed by atoms with Gasteiger partial charge in [0.15, 0.2) is 9.84 Å². The predicted molar refractivity (Wildman–Crippen MR) is 85.4 cm³/mol. The highest BCUT2D eigenvalue weighted by Crippen LogP contribution is 2.20. The molecule has 2 rings (SSSR count). The van der Waals surface area contributed by atoms with E-state index in [1.54, 1.807) is 24.1 Å². The van der Waals surface area contributed by atoms with Crippen LogP contribution < -0.4 is 0 Å². The van der Waals surface area contributed by atoms with Gasteiger partial charge in [-0.1, -0.05) is 28.1 Å². The first-order chi connectivity index (χ1) is 9.78. The third kappa shape index (κ3) is 4.28. The Kier molecular flexibility index (Phi) is 5.06. The largest absolute Gasteiger partial charge is 0.273 e. The molecule has 1 atom stereocenters. The van der Waals surface area contributed by atoms with Crippen molar-refractivity contribution < 1.29 is 13.2 Å². The number of hydrogen-bond acceptors (Lipinski definition) is 4. The number of nitrogens with zero attached hydrogens (tertiary/aromatic N) is 2. The molecule has 116 valence electrons. The van der Waals surface area contributed by atoms with Gasteiger partial charge in [-0.15, -0.1) is 0 Å². The molecule has 5 nitrogen and oxygen atoms in total. The maximum Gasteiger partial charge on any atom is 0.241 e. The molecule has 0 bridgehead atoms. The van der Waals surface area contributed by atoms with Crippen LogP contribution in [0.3, 0.4) is 0 Å². The molecule has 1 heterocycles. The first kappa shape index (κ1) is 16.5. The van der Waals surface area contributed by atoms with Crippen LogP contribution in [-0.2, 0) is 21.1 Å². The first-order valence-electron chi connectivity index (χ1n) is 6.72. The van der Waals surface area contributed by atoms with E-state index in [9.17, 15) is 13.2 Å². The second-order valence-electron chi connectivity index (χ2n) is 5.45. The second kappa shape index (κ2) is 6.46. The van der Waals surface area contributed by atoms with Crippen molar-refractivity contribution in [2.75, 3.05) is 25.6 Å². The smallest absolute Gasteiger partial charge is 0.241 e. The molecule has 1 aromatic rings. The Balaban J connectivity index is 2.11. The minimum atomic E-state index is -3.01. The van der Waals surface area contributed by atoms with E-state index < -0.39 is 9.84 Å². The number of carbonyl (C=O) groups excluding carboxylic acids is 1. The van der Waals surface area contributed by atoms with E-state index in [4.69, 9.17) is 0 Å². The minimum Gasteiger partial charge on any atom is -0.273 e. The summed E-state index contributed by atoms with van der Waals surface area (Å²) in [7, 11) is 0.524. The van der Waals surface area contributed by atoms with Crippen molar-refractivity contribution in [3.63, 3.8) is 0 Å². The monoisotopic (exact) mass is 374 g/mol. The number of amides is 1. The first-order valence-corrected chi connectivity index (χ1v) is 9.34. The van der Waals surface area contributed by atoms with Crippen molar-refractivity contribution in [3.8, 4) is 0 Å². The van der Waals surface area contributed by atoms with Crippen molar-refractivity contribution in [2.24, 2.45) is 0 Å². The Bertz CT molecular complexity index is 614. The number of rotatable bonds is 4. The quantitative estimate of drug-likeness (QED) is 0.749. The maximum absolute atomic E-state index is 12.5. The highest BCUT2D eigenvalue weighted by Gasteiger charge is 2.35. The molecule has 1 aliphatic heterocycles. The van der Waals surface area contributed by atoms with Crippen molar-refractivity contribution in [1.82, 2.24) is 10.0 Å². The molecule has 1 amide bonds. The number of carbonyl (C=O) groups is 1. The number of sulfone groups is 1. The van der Waals surface area contributed by atoms with E-state index in [1.807, 2.05) is 24.3 Å². The summed E-state index contributed by atoms with van der Waals surface area (Å²) in [5, 5.41) is 3.26. The summed E-state index contributed by atoms with van der Waals surface area (Å²) < 4.78 is 24.2. The van der Waals surface area contributed by atoms with Crippen molar-refractivity contribution in [1.29, 1.82) is 0 Å². The van der Waals surface area contributed by atoms with Crippen LogP contribution in [0.1, 0.15) is 12.0 Å². The molecule has 0 N–H and O–H groups in total.